The van der Waals surface area contributed by atoms with Gasteiger partial charge in [-0.25, -0.2) is 4.39 Å². The highest BCUT2D eigenvalue weighted by molar-refractivity contribution is 8.01. The normalized spacial score (nSPS) is 10.6. The molecule has 0 aliphatic rings. The molecule has 0 atom stereocenters. The zero-order chi connectivity index (χ0) is 17.4. The monoisotopic (exact) mass is 368 g/mol. The second kappa shape index (κ2) is 9.58. The Balaban J connectivity index is 1.79. The topological polar surface area (TPSA) is 58.1 Å². The van der Waals surface area contributed by atoms with Crippen LogP contribution >= 0.6 is 23.1 Å². The lowest BCUT2D eigenvalue weighted by Gasteiger charge is -2.17. The van der Waals surface area contributed by atoms with Crippen molar-refractivity contribution in [2.45, 2.75) is 30.6 Å². The van der Waals surface area contributed by atoms with Crippen LogP contribution in [0.1, 0.15) is 25.3 Å². The van der Waals surface area contributed by atoms with Crippen LogP contribution in [0, 0.1) is 5.82 Å². The number of thioether (sulfide) groups is 1. The summed E-state index contributed by atoms with van der Waals surface area (Å²) in [7, 11) is 1.67. The third kappa shape index (κ3) is 5.76. The molecule has 0 aliphatic heterocycles. The number of anilines is 1. The number of amides is 1. The lowest BCUT2D eigenvalue weighted by atomic mass is 10.2. The summed E-state index contributed by atoms with van der Waals surface area (Å²) < 4.78 is 14.4. The van der Waals surface area contributed by atoms with Crippen molar-refractivity contribution in [3.63, 3.8) is 0 Å². The minimum absolute atomic E-state index is 0.0704. The lowest BCUT2D eigenvalue weighted by molar-refractivity contribution is -0.127. The molecule has 2 rings (SSSR count). The van der Waals surface area contributed by atoms with Crippen molar-refractivity contribution in [3.05, 3.63) is 35.6 Å². The number of hydrogen-bond acceptors (Lipinski definition) is 6. The Labute approximate surface area is 149 Å². The maximum atomic E-state index is 13.6. The van der Waals surface area contributed by atoms with E-state index in [9.17, 15) is 9.18 Å². The lowest BCUT2D eigenvalue weighted by Crippen LogP contribution is -2.28. The first-order valence-corrected chi connectivity index (χ1v) is 9.58. The molecule has 0 fully saturated rings. The van der Waals surface area contributed by atoms with Crippen LogP contribution in [0.3, 0.4) is 0 Å². The highest BCUT2D eigenvalue weighted by Crippen LogP contribution is 2.25. The number of nitrogens with zero attached hydrogens (tertiary/aromatic N) is 3. The number of unbranched alkanes of at least 4 members (excludes halogenated alkanes) is 1. The van der Waals surface area contributed by atoms with Crippen LogP contribution in [0.25, 0.3) is 0 Å². The van der Waals surface area contributed by atoms with E-state index in [4.69, 9.17) is 0 Å². The molecular weight excluding hydrogens is 347 g/mol. The highest BCUT2D eigenvalue weighted by Gasteiger charge is 2.13. The number of aromatic nitrogens is 2. The van der Waals surface area contributed by atoms with Crippen molar-refractivity contribution in [2.75, 3.05) is 24.7 Å². The molecule has 24 heavy (non-hydrogen) atoms. The van der Waals surface area contributed by atoms with Gasteiger partial charge in [0.1, 0.15) is 5.82 Å². The number of halogens is 1. The largest absolute Gasteiger partial charge is 0.360 e. The van der Waals surface area contributed by atoms with E-state index in [2.05, 4.69) is 22.4 Å². The summed E-state index contributed by atoms with van der Waals surface area (Å²) in [5.41, 5.74) is 0.511. The van der Waals surface area contributed by atoms with Gasteiger partial charge in [-0.05, 0) is 12.5 Å². The number of hydrogen-bond donors (Lipinski definition) is 1. The predicted molar refractivity (Wildman–Crippen MR) is 96.9 cm³/mol. The van der Waals surface area contributed by atoms with E-state index < -0.39 is 0 Å². The molecule has 0 spiro atoms. The standard InChI is InChI=1S/C16H21FN4OS2/c1-3-4-9-18-15-19-20-16(24-15)23-11-14(22)21(2)10-12-7-5-6-8-13(12)17/h5-8H,3-4,9-11H2,1-2H3,(H,18,19). The van der Waals surface area contributed by atoms with Gasteiger partial charge in [0.2, 0.25) is 11.0 Å². The summed E-state index contributed by atoms with van der Waals surface area (Å²) in [4.78, 5) is 13.7. The van der Waals surface area contributed by atoms with Crippen LogP contribution in [0.15, 0.2) is 28.6 Å². The SMILES string of the molecule is CCCCNc1nnc(SCC(=O)N(C)Cc2ccccc2F)s1. The van der Waals surface area contributed by atoms with Crippen LogP contribution in [-0.2, 0) is 11.3 Å². The van der Waals surface area contributed by atoms with E-state index in [1.54, 1.807) is 25.2 Å². The van der Waals surface area contributed by atoms with Crippen molar-refractivity contribution >= 4 is 34.1 Å². The fourth-order valence-corrected chi connectivity index (χ4v) is 3.63. The first-order valence-electron chi connectivity index (χ1n) is 7.77. The maximum Gasteiger partial charge on any atom is 0.233 e. The molecule has 130 valence electrons. The van der Waals surface area contributed by atoms with Gasteiger partial charge < -0.3 is 10.2 Å². The third-order valence-corrected chi connectivity index (χ3v) is 5.32. The Morgan fingerprint density at radius 1 is 1.38 bits per heavy atom. The molecule has 1 aromatic heterocycles. The zero-order valence-electron chi connectivity index (χ0n) is 13.8. The van der Waals surface area contributed by atoms with E-state index in [1.165, 1.54) is 34.1 Å². The summed E-state index contributed by atoms with van der Waals surface area (Å²) in [5.74, 6) is -0.107. The van der Waals surface area contributed by atoms with Gasteiger partial charge in [-0.3, -0.25) is 4.79 Å². The summed E-state index contributed by atoms with van der Waals surface area (Å²) >= 11 is 2.79. The molecule has 2 aromatic rings. The number of carbonyl (C=O) groups is 1. The Kier molecular flexibility index (Phi) is 7.45. The molecular formula is C16H21FN4OS2. The average Bonchev–Trinajstić information content (AvgIpc) is 3.03. The number of nitrogens with one attached hydrogen (secondary N) is 1. The van der Waals surface area contributed by atoms with Crippen LogP contribution in [0.2, 0.25) is 0 Å². The minimum Gasteiger partial charge on any atom is -0.360 e. The zero-order valence-corrected chi connectivity index (χ0v) is 15.4. The fourth-order valence-electron chi connectivity index (χ4n) is 1.92. The highest BCUT2D eigenvalue weighted by atomic mass is 32.2. The van der Waals surface area contributed by atoms with Crippen molar-refractivity contribution < 1.29 is 9.18 Å². The molecule has 5 nitrogen and oxygen atoms in total. The number of rotatable bonds is 9. The van der Waals surface area contributed by atoms with Crippen LogP contribution < -0.4 is 5.32 Å². The van der Waals surface area contributed by atoms with Crippen molar-refractivity contribution in [1.82, 2.24) is 15.1 Å². The van der Waals surface area contributed by atoms with Crippen molar-refractivity contribution in [2.24, 2.45) is 0 Å². The molecule has 1 heterocycles. The summed E-state index contributed by atoms with van der Waals surface area (Å²) in [6.45, 7) is 3.26. The molecule has 1 amide bonds. The second-order valence-electron chi connectivity index (χ2n) is 5.28. The summed E-state index contributed by atoms with van der Waals surface area (Å²) in [5, 5.41) is 12.1. The van der Waals surface area contributed by atoms with E-state index in [-0.39, 0.29) is 24.0 Å². The average molecular weight is 369 g/mol. The Morgan fingerprint density at radius 2 is 2.17 bits per heavy atom. The van der Waals surface area contributed by atoms with E-state index in [1.807, 2.05) is 0 Å². The molecule has 1 aromatic carbocycles. The van der Waals surface area contributed by atoms with Gasteiger partial charge >= 0.3 is 0 Å². The molecule has 0 bridgehead atoms. The van der Waals surface area contributed by atoms with Crippen LogP contribution in [0.5, 0.6) is 0 Å². The molecule has 1 N–H and O–H groups in total. The number of benzene rings is 1. The van der Waals surface area contributed by atoms with Crippen molar-refractivity contribution in [1.29, 1.82) is 0 Å². The van der Waals surface area contributed by atoms with Gasteiger partial charge in [-0.2, -0.15) is 0 Å². The molecule has 0 saturated carbocycles. The minimum atomic E-state index is -0.295. The fraction of sp³-hybridized carbons (Fsp3) is 0.438. The maximum absolute atomic E-state index is 13.6. The van der Waals surface area contributed by atoms with E-state index in [0.29, 0.717) is 5.56 Å². The Hall–Kier alpha value is -1.67. The van der Waals surface area contributed by atoms with Crippen molar-refractivity contribution in [3.8, 4) is 0 Å². The van der Waals surface area contributed by atoms with E-state index >= 15 is 0 Å². The first kappa shape index (κ1) is 18.7. The Bertz CT molecular complexity index is 665. The second-order valence-corrected chi connectivity index (χ2v) is 7.48. The first-order chi connectivity index (χ1) is 11.6. The molecule has 8 heteroatoms. The predicted octanol–water partition coefficient (Wildman–Crippen LogP) is 3.64. The smallest absolute Gasteiger partial charge is 0.233 e. The van der Waals surface area contributed by atoms with Gasteiger partial charge in [0.05, 0.1) is 5.75 Å². The van der Waals surface area contributed by atoms with Crippen LogP contribution in [-0.4, -0.2) is 40.3 Å². The number of carbonyl (C=O) groups excluding carboxylic acids is 1. The quantitative estimate of drug-likeness (QED) is 0.541. The molecule has 0 unspecified atom stereocenters. The van der Waals surface area contributed by atoms with Gasteiger partial charge in [-0.1, -0.05) is 54.6 Å². The van der Waals surface area contributed by atoms with Gasteiger partial charge in [0.15, 0.2) is 4.34 Å². The van der Waals surface area contributed by atoms with E-state index in [0.717, 1.165) is 28.9 Å². The molecule has 0 saturated heterocycles. The Morgan fingerprint density at radius 3 is 2.92 bits per heavy atom. The van der Waals surface area contributed by atoms with Gasteiger partial charge in [0, 0.05) is 25.7 Å². The summed E-state index contributed by atoms with van der Waals surface area (Å²) in [6.07, 6.45) is 2.21. The third-order valence-electron chi connectivity index (χ3n) is 3.32. The molecule has 0 radical (unpaired) electrons. The summed E-state index contributed by atoms with van der Waals surface area (Å²) in [6, 6.07) is 6.49. The van der Waals surface area contributed by atoms with Gasteiger partial charge in [0.25, 0.3) is 0 Å². The van der Waals surface area contributed by atoms with Gasteiger partial charge in [-0.15, -0.1) is 10.2 Å². The molecule has 0 aliphatic carbocycles. The van der Waals surface area contributed by atoms with Crippen LogP contribution in [0.4, 0.5) is 9.52 Å².